The van der Waals surface area contributed by atoms with Gasteiger partial charge in [-0.1, -0.05) is 31.9 Å². The number of hydrogen-bond acceptors (Lipinski definition) is 1. The van der Waals surface area contributed by atoms with E-state index < -0.39 is 0 Å². The summed E-state index contributed by atoms with van der Waals surface area (Å²) >= 11 is 0. The third-order valence-electron chi connectivity index (χ3n) is 4.52. The van der Waals surface area contributed by atoms with Gasteiger partial charge < -0.3 is 5.32 Å². The second-order valence-electron chi connectivity index (χ2n) is 6.05. The normalized spacial score (nSPS) is 20.1. The third-order valence-corrected chi connectivity index (χ3v) is 4.52. The Morgan fingerprint density at radius 1 is 1.17 bits per heavy atom. The van der Waals surface area contributed by atoms with Crippen molar-refractivity contribution in [2.24, 2.45) is 5.41 Å². The van der Waals surface area contributed by atoms with Gasteiger partial charge in [0.2, 0.25) is 0 Å². The summed E-state index contributed by atoms with van der Waals surface area (Å²) in [5.41, 5.74) is 3.06. The van der Waals surface area contributed by atoms with Gasteiger partial charge >= 0.3 is 0 Å². The molecule has 2 rings (SSSR count). The molecule has 0 aromatic heterocycles. The van der Waals surface area contributed by atoms with E-state index in [0.29, 0.717) is 11.5 Å². The fourth-order valence-corrected chi connectivity index (χ4v) is 3.53. The Kier molecular flexibility index (Phi) is 3.76. The summed E-state index contributed by atoms with van der Waals surface area (Å²) < 4.78 is 13.7. The number of hydrogen-bond donors (Lipinski definition) is 1. The van der Waals surface area contributed by atoms with Gasteiger partial charge in [0.05, 0.1) is 0 Å². The lowest BCUT2D eigenvalue weighted by Gasteiger charge is -2.34. The summed E-state index contributed by atoms with van der Waals surface area (Å²) in [5.74, 6) is -0.0646. The van der Waals surface area contributed by atoms with Crippen molar-refractivity contribution in [2.45, 2.75) is 52.5 Å². The van der Waals surface area contributed by atoms with Crippen molar-refractivity contribution in [1.29, 1.82) is 0 Å². The molecule has 0 spiro atoms. The molecule has 1 aromatic carbocycles. The fraction of sp³-hybridized carbons (Fsp3) is 0.625. The summed E-state index contributed by atoms with van der Waals surface area (Å²) in [6.45, 7) is 6.07. The minimum absolute atomic E-state index is 0.0646. The average molecular weight is 249 g/mol. The Bertz CT molecular complexity index is 410. The third kappa shape index (κ3) is 2.31. The Labute approximate surface area is 110 Å². The molecule has 0 radical (unpaired) electrons. The zero-order valence-corrected chi connectivity index (χ0v) is 11.9. The Hall–Kier alpha value is -0.890. The van der Waals surface area contributed by atoms with Crippen LogP contribution in [0.3, 0.4) is 0 Å². The van der Waals surface area contributed by atoms with Crippen LogP contribution in [0.5, 0.6) is 0 Å². The summed E-state index contributed by atoms with van der Waals surface area (Å²) in [4.78, 5) is 0. The van der Waals surface area contributed by atoms with Gasteiger partial charge in [0.15, 0.2) is 0 Å². The van der Waals surface area contributed by atoms with E-state index in [1.54, 1.807) is 0 Å². The van der Waals surface area contributed by atoms with Crippen molar-refractivity contribution in [2.75, 3.05) is 7.05 Å². The molecule has 1 saturated carbocycles. The molecule has 1 atom stereocenters. The van der Waals surface area contributed by atoms with E-state index in [9.17, 15) is 4.39 Å². The van der Waals surface area contributed by atoms with E-state index >= 15 is 0 Å². The Morgan fingerprint density at radius 2 is 1.67 bits per heavy atom. The monoisotopic (exact) mass is 249 g/mol. The number of rotatable bonds is 3. The van der Waals surface area contributed by atoms with Crippen LogP contribution in [0, 0.1) is 25.1 Å². The molecule has 100 valence electrons. The molecule has 1 N–H and O–H groups in total. The lowest BCUT2D eigenvalue weighted by molar-refractivity contribution is 0.233. The Balaban J connectivity index is 2.39. The van der Waals surface area contributed by atoms with Gasteiger partial charge in [-0.3, -0.25) is 0 Å². The lowest BCUT2D eigenvalue weighted by Crippen LogP contribution is -2.32. The quantitative estimate of drug-likeness (QED) is 0.843. The van der Waals surface area contributed by atoms with E-state index in [2.05, 4.69) is 12.2 Å². The van der Waals surface area contributed by atoms with E-state index in [4.69, 9.17) is 0 Å². The van der Waals surface area contributed by atoms with Crippen molar-refractivity contribution in [3.05, 3.63) is 34.6 Å². The van der Waals surface area contributed by atoms with Crippen LogP contribution < -0.4 is 5.32 Å². The molecule has 0 bridgehead atoms. The number of benzene rings is 1. The van der Waals surface area contributed by atoms with Gasteiger partial charge in [0, 0.05) is 6.04 Å². The SMILES string of the molecule is CNC(c1cc(C)c(F)c(C)c1)C1(C)CCCC1. The van der Waals surface area contributed by atoms with E-state index in [-0.39, 0.29) is 5.82 Å². The topological polar surface area (TPSA) is 12.0 Å². The molecule has 2 heteroatoms. The highest BCUT2D eigenvalue weighted by molar-refractivity contribution is 5.33. The van der Waals surface area contributed by atoms with Gasteiger partial charge in [0.1, 0.15) is 5.82 Å². The van der Waals surface area contributed by atoms with Crippen molar-refractivity contribution in [3.63, 3.8) is 0 Å². The van der Waals surface area contributed by atoms with Crippen molar-refractivity contribution >= 4 is 0 Å². The van der Waals surface area contributed by atoms with Crippen LogP contribution in [0.1, 0.15) is 55.3 Å². The maximum atomic E-state index is 13.7. The highest BCUT2D eigenvalue weighted by atomic mass is 19.1. The van der Waals surface area contributed by atoms with Crippen LogP contribution in [0.15, 0.2) is 12.1 Å². The maximum absolute atomic E-state index is 13.7. The molecule has 1 fully saturated rings. The van der Waals surface area contributed by atoms with Crippen LogP contribution in [-0.2, 0) is 0 Å². The molecule has 1 nitrogen and oxygen atoms in total. The van der Waals surface area contributed by atoms with E-state index in [1.165, 1.54) is 31.2 Å². The van der Waals surface area contributed by atoms with Crippen molar-refractivity contribution in [1.82, 2.24) is 5.32 Å². The van der Waals surface area contributed by atoms with Gasteiger partial charge in [0.25, 0.3) is 0 Å². The second-order valence-corrected chi connectivity index (χ2v) is 6.05. The summed E-state index contributed by atoms with van der Waals surface area (Å²) in [5, 5.41) is 3.45. The highest BCUT2D eigenvalue weighted by Gasteiger charge is 2.37. The standard InChI is InChI=1S/C16H24FN/c1-11-9-13(10-12(2)14(11)17)15(18-4)16(3)7-5-6-8-16/h9-10,15,18H,5-8H2,1-4H3. The summed E-state index contributed by atoms with van der Waals surface area (Å²) in [6.07, 6.45) is 5.14. The minimum Gasteiger partial charge on any atom is -0.313 e. The van der Waals surface area contributed by atoms with E-state index in [1.807, 2.05) is 33.0 Å². The molecule has 1 unspecified atom stereocenters. The van der Waals surface area contributed by atoms with E-state index in [0.717, 1.165) is 11.1 Å². The molecule has 0 aliphatic heterocycles. The maximum Gasteiger partial charge on any atom is 0.129 e. The average Bonchev–Trinajstić information content (AvgIpc) is 2.74. The molecule has 0 saturated heterocycles. The molecule has 1 aliphatic carbocycles. The summed E-state index contributed by atoms with van der Waals surface area (Å²) in [7, 11) is 2.02. The lowest BCUT2D eigenvalue weighted by atomic mass is 9.77. The highest BCUT2D eigenvalue weighted by Crippen LogP contribution is 2.47. The van der Waals surface area contributed by atoms with Crippen molar-refractivity contribution in [3.8, 4) is 0 Å². The molecule has 1 aromatic rings. The molecule has 0 heterocycles. The second kappa shape index (κ2) is 5.00. The van der Waals surface area contributed by atoms with Gasteiger partial charge in [-0.25, -0.2) is 4.39 Å². The predicted octanol–water partition coefficient (Wildman–Crippen LogP) is 4.28. The Morgan fingerprint density at radius 3 is 2.11 bits per heavy atom. The van der Waals surface area contributed by atoms with Crippen molar-refractivity contribution < 1.29 is 4.39 Å². The first-order chi connectivity index (χ1) is 8.48. The van der Waals surface area contributed by atoms with Crippen LogP contribution in [0.4, 0.5) is 4.39 Å². The molecule has 18 heavy (non-hydrogen) atoms. The van der Waals surface area contributed by atoms with Crippen LogP contribution in [0.2, 0.25) is 0 Å². The molecule has 0 amide bonds. The smallest absolute Gasteiger partial charge is 0.129 e. The first kappa shape index (κ1) is 13.5. The van der Waals surface area contributed by atoms with Crippen LogP contribution in [-0.4, -0.2) is 7.05 Å². The largest absolute Gasteiger partial charge is 0.313 e. The summed E-state index contributed by atoms with van der Waals surface area (Å²) in [6, 6.07) is 4.35. The zero-order chi connectivity index (χ0) is 13.3. The molecule has 1 aliphatic rings. The number of nitrogens with one attached hydrogen (secondary N) is 1. The first-order valence-electron chi connectivity index (χ1n) is 6.92. The van der Waals surface area contributed by atoms with Gasteiger partial charge in [-0.05, 0) is 55.8 Å². The van der Waals surface area contributed by atoms with Gasteiger partial charge in [-0.15, -0.1) is 0 Å². The van der Waals surface area contributed by atoms with Crippen LogP contribution >= 0.6 is 0 Å². The number of aryl methyl sites for hydroxylation is 2. The van der Waals surface area contributed by atoms with Crippen LogP contribution in [0.25, 0.3) is 0 Å². The van der Waals surface area contributed by atoms with Gasteiger partial charge in [-0.2, -0.15) is 0 Å². The predicted molar refractivity (Wildman–Crippen MR) is 74.2 cm³/mol. The first-order valence-corrected chi connectivity index (χ1v) is 6.92. The minimum atomic E-state index is -0.0646. The number of halogens is 1. The zero-order valence-electron chi connectivity index (χ0n) is 11.9. The fourth-order valence-electron chi connectivity index (χ4n) is 3.53. The molecular formula is C16H24FN. The molecular weight excluding hydrogens is 225 g/mol.